The zero-order valence-electron chi connectivity index (χ0n) is 18.1. The number of hydrogen-bond acceptors (Lipinski definition) is 5. The van der Waals surface area contributed by atoms with E-state index in [9.17, 15) is 9.59 Å². The molecule has 1 aromatic carbocycles. The number of ether oxygens (including phenoxy) is 1. The molecule has 0 aliphatic heterocycles. The van der Waals surface area contributed by atoms with Gasteiger partial charge in [-0.3, -0.25) is 9.63 Å². The lowest BCUT2D eigenvalue weighted by Crippen LogP contribution is -2.48. The summed E-state index contributed by atoms with van der Waals surface area (Å²) < 4.78 is 11.4. The third-order valence-corrected chi connectivity index (χ3v) is 9.60. The summed E-state index contributed by atoms with van der Waals surface area (Å²) in [7, 11) is 0.957. The van der Waals surface area contributed by atoms with E-state index in [1.165, 1.54) is 14.2 Å². The molecule has 0 radical (unpaired) electrons. The van der Waals surface area contributed by atoms with Gasteiger partial charge in [0, 0.05) is 13.7 Å². The topological polar surface area (TPSA) is 77.1 Å². The molecule has 0 aliphatic carbocycles. The van der Waals surface area contributed by atoms with Crippen molar-refractivity contribution in [2.75, 3.05) is 20.8 Å². The van der Waals surface area contributed by atoms with Crippen LogP contribution in [0.5, 0.6) is 0 Å². The first kappa shape index (κ1) is 24.1. The summed E-state index contributed by atoms with van der Waals surface area (Å²) in [6.07, 6.45) is -0.321. The van der Waals surface area contributed by atoms with Crippen molar-refractivity contribution in [3.63, 3.8) is 0 Å². The summed E-state index contributed by atoms with van der Waals surface area (Å²) in [5, 5.41) is 3.79. The highest BCUT2D eigenvalue weighted by Crippen LogP contribution is 2.36. The van der Waals surface area contributed by atoms with E-state index in [2.05, 4.69) is 39.2 Å². The lowest BCUT2D eigenvalue weighted by atomic mass is 10.2. The van der Waals surface area contributed by atoms with Crippen molar-refractivity contribution in [3.05, 3.63) is 35.9 Å². The number of amides is 2. The molecular formula is C20H34N2O5Si. The first-order valence-electron chi connectivity index (χ1n) is 9.41. The summed E-state index contributed by atoms with van der Waals surface area (Å²) in [6.45, 7) is 11.2. The zero-order valence-corrected chi connectivity index (χ0v) is 19.1. The number of hydroxylamine groups is 2. The van der Waals surface area contributed by atoms with Gasteiger partial charge in [0.15, 0.2) is 8.32 Å². The number of nitrogens with one attached hydrogen (secondary N) is 1. The largest absolute Gasteiger partial charge is 0.445 e. The van der Waals surface area contributed by atoms with Crippen molar-refractivity contribution in [2.45, 2.75) is 58.0 Å². The molecule has 1 atom stereocenters. The summed E-state index contributed by atoms with van der Waals surface area (Å²) in [5.41, 5.74) is 0.871. The Balaban J connectivity index is 2.66. The quantitative estimate of drug-likeness (QED) is 0.496. The summed E-state index contributed by atoms with van der Waals surface area (Å²) >= 11 is 0. The Hall–Kier alpha value is -1.90. The molecule has 0 aliphatic rings. The Bertz CT molecular complexity index is 631. The number of carbonyl (C=O) groups is 2. The van der Waals surface area contributed by atoms with Crippen LogP contribution in [0.2, 0.25) is 18.1 Å². The smallest absolute Gasteiger partial charge is 0.408 e. The van der Waals surface area contributed by atoms with Gasteiger partial charge in [-0.15, -0.1) is 0 Å². The average Bonchev–Trinajstić information content (AvgIpc) is 2.64. The van der Waals surface area contributed by atoms with Gasteiger partial charge in [0.1, 0.15) is 12.6 Å². The van der Waals surface area contributed by atoms with Crippen molar-refractivity contribution in [1.29, 1.82) is 0 Å². The van der Waals surface area contributed by atoms with E-state index >= 15 is 0 Å². The molecular weight excluding hydrogens is 376 g/mol. The number of nitrogens with zero attached hydrogens (tertiary/aromatic N) is 1. The van der Waals surface area contributed by atoms with Gasteiger partial charge in [-0.25, -0.2) is 9.86 Å². The molecule has 28 heavy (non-hydrogen) atoms. The molecule has 7 nitrogen and oxygen atoms in total. The fraction of sp³-hybridized carbons (Fsp3) is 0.600. The Morgan fingerprint density at radius 3 is 2.32 bits per heavy atom. The highest BCUT2D eigenvalue weighted by molar-refractivity contribution is 6.74. The average molecular weight is 411 g/mol. The van der Waals surface area contributed by atoms with Crippen LogP contribution in [0.1, 0.15) is 32.8 Å². The highest BCUT2D eigenvalue weighted by atomic mass is 28.4. The van der Waals surface area contributed by atoms with Crippen molar-refractivity contribution in [2.24, 2.45) is 0 Å². The van der Waals surface area contributed by atoms with Crippen LogP contribution in [0, 0.1) is 0 Å². The molecule has 0 fully saturated rings. The second-order valence-corrected chi connectivity index (χ2v) is 13.0. The Kier molecular flexibility index (Phi) is 9.13. The van der Waals surface area contributed by atoms with E-state index in [1.54, 1.807) is 0 Å². The molecule has 8 heteroatoms. The second-order valence-electron chi connectivity index (χ2n) is 8.17. The molecule has 0 aromatic heterocycles. The number of hydrogen-bond donors (Lipinski definition) is 1. The SMILES string of the molecule is CON(C)C(=O)[C@H](CCO[Si](C)(C)C(C)(C)C)NC(=O)OCc1ccccc1. The Morgan fingerprint density at radius 1 is 1.18 bits per heavy atom. The van der Waals surface area contributed by atoms with Crippen LogP contribution in [0.15, 0.2) is 30.3 Å². The van der Waals surface area contributed by atoms with E-state index in [0.29, 0.717) is 13.0 Å². The second kappa shape index (κ2) is 10.6. The van der Waals surface area contributed by atoms with Gasteiger partial charge in [-0.05, 0) is 30.1 Å². The normalized spacial score (nSPS) is 13.0. The predicted octanol–water partition coefficient (Wildman–Crippen LogP) is 3.71. The predicted molar refractivity (Wildman–Crippen MR) is 111 cm³/mol. The highest BCUT2D eigenvalue weighted by Gasteiger charge is 2.37. The van der Waals surface area contributed by atoms with Gasteiger partial charge in [-0.1, -0.05) is 51.1 Å². The maximum Gasteiger partial charge on any atom is 0.408 e. The van der Waals surface area contributed by atoms with E-state index in [1.807, 2.05) is 30.3 Å². The van der Waals surface area contributed by atoms with Crippen LogP contribution < -0.4 is 5.32 Å². The van der Waals surface area contributed by atoms with Gasteiger partial charge in [0.25, 0.3) is 5.91 Å². The van der Waals surface area contributed by atoms with Gasteiger partial charge >= 0.3 is 6.09 Å². The Morgan fingerprint density at radius 2 is 1.79 bits per heavy atom. The number of likely N-dealkylation sites (N-methyl/N-ethyl adjacent to an activating group) is 1. The fourth-order valence-corrected chi connectivity index (χ4v) is 3.18. The maximum absolute atomic E-state index is 12.5. The molecule has 0 saturated carbocycles. The van der Waals surface area contributed by atoms with E-state index in [4.69, 9.17) is 14.0 Å². The van der Waals surface area contributed by atoms with Crippen LogP contribution in [0.3, 0.4) is 0 Å². The molecule has 1 aromatic rings. The van der Waals surface area contributed by atoms with Crippen LogP contribution in [-0.4, -0.2) is 52.2 Å². The number of carbonyl (C=O) groups excluding carboxylic acids is 2. The van der Waals surface area contributed by atoms with Crippen LogP contribution in [-0.2, 0) is 25.4 Å². The van der Waals surface area contributed by atoms with Gasteiger partial charge in [-0.2, -0.15) is 0 Å². The Labute approximate surface area is 169 Å². The fourth-order valence-electron chi connectivity index (χ4n) is 2.12. The first-order valence-corrected chi connectivity index (χ1v) is 12.3. The van der Waals surface area contributed by atoms with Crippen molar-refractivity contribution in [1.82, 2.24) is 10.4 Å². The number of alkyl carbamates (subject to hydrolysis) is 1. The van der Waals surface area contributed by atoms with Gasteiger partial charge in [0.05, 0.1) is 7.11 Å². The van der Waals surface area contributed by atoms with Gasteiger partial charge < -0.3 is 14.5 Å². The molecule has 0 bridgehead atoms. The number of benzene rings is 1. The maximum atomic E-state index is 12.5. The molecule has 2 amide bonds. The third-order valence-electron chi connectivity index (χ3n) is 5.06. The lowest BCUT2D eigenvalue weighted by molar-refractivity contribution is -0.171. The monoisotopic (exact) mass is 410 g/mol. The lowest BCUT2D eigenvalue weighted by Gasteiger charge is -2.36. The van der Waals surface area contributed by atoms with Crippen LogP contribution >= 0.6 is 0 Å². The van der Waals surface area contributed by atoms with Crippen LogP contribution in [0.25, 0.3) is 0 Å². The van der Waals surface area contributed by atoms with E-state index < -0.39 is 20.5 Å². The standard InChI is InChI=1S/C20H34N2O5Si/c1-20(2,3)28(6,7)27-14-13-17(18(23)22(4)25-5)21-19(24)26-15-16-11-9-8-10-12-16/h8-12,17H,13-15H2,1-7H3,(H,21,24)/t17-/m0/s1. The van der Waals surface area contributed by atoms with Crippen molar-refractivity contribution < 1.29 is 23.6 Å². The molecule has 1 rings (SSSR count). The minimum atomic E-state index is -1.94. The summed E-state index contributed by atoms with van der Waals surface area (Å²) in [6, 6.07) is 8.56. The van der Waals surface area contributed by atoms with Crippen LogP contribution in [0.4, 0.5) is 4.79 Å². The molecule has 0 spiro atoms. The summed E-state index contributed by atoms with van der Waals surface area (Å²) in [5.74, 6) is -0.363. The third kappa shape index (κ3) is 7.61. The van der Waals surface area contributed by atoms with Crippen molar-refractivity contribution in [3.8, 4) is 0 Å². The minimum absolute atomic E-state index is 0.0673. The van der Waals surface area contributed by atoms with E-state index in [-0.39, 0.29) is 17.6 Å². The molecule has 158 valence electrons. The number of rotatable bonds is 9. The molecule has 0 saturated heterocycles. The molecule has 1 N–H and O–H groups in total. The van der Waals surface area contributed by atoms with E-state index in [0.717, 1.165) is 10.6 Å². The van der Waals surface area contributed by atoms with Crippen molar-refractivity contribution >= 4 is 20.3 Å². The minimum Gasteiger partial charge on any atom is -0.445 e. The molecule has 0 heterocycles. The summed E-state index contributed by atoms with van der Waals surface area (Å²) in [4.78, 5) is 29.7. The first-order chi connectivity index (χ1) is 13.0. The van der Waals surface area contributed by atoms with Gasteiger partial charge in [0.2, 0.25) is 0 Å². The molecule has 0 unspecified atom stereocenters. The zero-order chi connectivity index (χ0) is 21.4.